The number of nitrogens with two attached hydrogens (primary N) is 1. The predicted octanol–water partition coefficient (Wildman–Crippen LogP) is 1.75. The number of hydrogen-bond donors (Lipinski definition) is 2. The summed E-state index contributed by atoms with van der Waals surface area (Å²) >= 11 is 0. The van der Waals surface area contributed by atoms with Crippen LogP contribution in [0.4, 0.5) is 17.5 Å². The van der Waals surface area contributed by atoms with Crippen LogP contribution in [0.3, 0.4) is 0 Å². The number of aromatic nitrogens is 2. The van der Waals surface area contributed by atoms with E-state index in [0.29, 0.717) is 18.2 Å². The van der Waals surface area contributed by atoms with Crippen molar-refractivity contribution >= 4 is 17.5 Å². The number of ether oxygens (including phenoxy) is 1. The number of nitrogens with zero attached hydrogens (tertiary/aromatic N) is 3. The zero-order valence-electron chi connectivity index (χ0n) is 11.9. The van der Waals surface area contributed by atoms with Crippen LogP contribution in [0, 0.1) is 0 Å². The topological polar surface area (TPSA) is 76.3 Å². The van der Waals surface area contributed by atoms with Crippen LogP contribution >= 0.6 is 0 Å². The molecule has 106 valence electrons. The number of nitrogen functional groups attached to an aromatic ring is 1. The van der Waals surface area contributed by atoms with Gasteiger partial charge in [0.1, 0.15) is 11.6 Å². The van der Waals surface area contributed by atoms with Crippen LogP contribution in [0.15, 0.2) is 30.5 Å². The fourth-order valence-corrected chi connectivity index (χ4v) is 1.78. The van der Waals surface area contributed by atoms with Crippen LogP contribution in [0.1, 0.15) is 5.56 Å². The molecule has 1 aromatic carbocycles. The summed E-state index contributed by atoms with van der Waals surface area (Å²) in [4.78, 5) is 10.4. The van der Waals surface area contributed by atoms with Crippen molar-refractivity contribution < 1.29 is 4.74 Å². The monoisotopic (exact) mass is 273 g/mol. The van der Waals surface area contributed by atoms with Gasteiger partial charge < -0.3 is 20.7 Å². The third-order valence-corrected chi connectivity index (χ3v) is 2.81. The van der Waals surface area contributed by atoms with Crippen LogP contribution in [0.5, 0.6) is 5.75 Å². The quantitative estimate of drug-likeness (QED) is 0.808. The first-order chi connectivity index (χ1) is 9.60. The Morgan fingerprint density at radius 2 is 2.10 bits per heavy atom. The summed E-state index contributed by atoms with van der Waals surface area (Å²) in [5.41, 5.74) is 7.49. The van der Waals surface area contributed by atoms with E-state index in [9.17, 15) is 0 Å². The van der Waals surface area contributed by atoms with Crippen molar-refractivity contribution in [2.75, 3.05) is 37.2 Å². The summed E-state index contributed by atoms with van der Waals surface area (Å²) in [5, 5.41) is 3.24. The Bertz CT molecular complexity index is 586. The third kappa shape index (κ3) is 3.28. The van der Waals surface area contributed by atoms with Gasteiger partial charge in [0, 0.05) is 38.1 Å². The van der Waals surface area contributed by atoms with E-state index in [1.165, 1.54) is 0 Å². The lowest BCUT2D eigenvalue weighted by molar-refractivity contribution is 0.410. The molecule has 0 unspecified atom stereocenters. The first kappa shape index (κ1) is 13.9. The number of anilines is 3. The first-order valence-corrected chi connectivity index (χ1v) is 6.27. The van der Waals surface area contributed by atoms with E-state index in [0.717, 1.165) is 17.1 Å². The van der Waals surface area contributed by atoms with Crippen molar-refractivity contribution in [1.82, 2.24) is 9.97 Å². The van der Waals surface area contributed by atoms with Gasteiger partial charge in [-0.3, -0.25) is 0 Å². The molecule has 0 spiro atoms. The summed E-state index contributed by atoms with van der Waals surface area (Å²) < 4.78 is 5.31. The molecular formula is C14H19N5O. The molecule has 0 fully saturated rings. The number of hydrogen-bond acceptors (Lipinski definition) is 6. The van der Waals surface area contributed by atoms with Gasteiger partial charge >= 0.3 is 0 Å². The van der Waals surface area contributed by atoms with E-state index in [1.54, 1.807) is 13.3 Å². The standard InChI is InChI=1S/C14H19N5O/c1-19(2)14-16-7-6-13(18-14)17-9-10-8-11(15)4-5-12(10)20-3/h4-8H,9,15H2,1-3H3,(H,16,17,18). The first-order valence-electron chi connectivity index (χ1n) is 6.27. The Labute approximate surface area is 118 Å². The minimum atomic E-state index is 0.581. The van der Waals surface area contributed by atoms with Crippen LogP contribution in [-0.2, 0) is 6.54 Å². The number of nitrogens with one attached hydrogen (secondary N) is 1. The zero-order valence-corrected chi connectivity index (χ0v) is 11.9. The summed E-state index contributed by atoms with van der Waals surface area (Å²) in [7, 11) is 5.45. The molecule has 20 heavy (non-hydrogen) atoms. The normalized spacial score (nSPS) is 10.2. The molecule has 0 radical (unpaired) electrons. The molecule has 0 atom stereocenters. The van der Waals surface area contributed by atoms with Crippen molar-refractivity contribution in [1.29, 1.82) is 0 Å². The predicted molar refractivity (Wildman–Crippen MR) is 81.1 cm³/mol. The van der Waals surface area contributed by atoms with Gasteiger partial charge in [0.2, 0.25) is 5.95 Å². The highest BCUT2D eigenvalue weighted by atomic mass is 16.5. The lowest BCUT2D eigenvalue weighted by Crippen LogP contribution is -2.13. The van der Waals surface area contributed by atoms with Crippen molar-refractivity contribution in [2.24, 2.45) is 0 Å². The highest BCUT2D eigenvalue weighted by Crippen LogP contribution is 2.22. The van der Waals surface area contributed by atoms with Gasteiger partial charge in [0.15, 0.2) is 0 Å². The van der Waals surface area contributed by atoms with Gasteiger partial charge in [-0.25, -0.2) is 4.98 Å². The van der Waals surface area contributed by atoms with Crippen molar-refractivity contribution in [3.63, 3.8) is 0 Å². The average Bonchev–Trinajstić information content (AvgIpc) is 2.45. The maximum atomic E-state index is 5.80. The fraction of sp³-hybridized carbons (Fsp3) is 0.286. The molecule has 0 aliphatic rings. The zero-order chi connectivity index (χ0) is 14.5. The van der Waals surface area contributed by atoms with E-state index < -0.39 is 0 Å². The Kier molecular flexibility index (Phi) is 4.24. The van der Waals surface area contributed by atoms with Gasteiger partial charge in [-0.2, -0.15) is 4.98 Å². The molecule has 0 saturated heterocycles. The second kappa shape index (κ2) is 6.10. The Hall–Kier alpha value is -2.50. The highest BCUT2D eigenvalue weighted by Gasteiger charge is 2.05. The van der Waals surface area contributed by atoms with Crippen molar-refractivity contribution in [2.45, 2.75) is 6.54 Å². The maximum absolute atomic E-state index is 5.80. The Balaban J connectivity index is 2.12. The third-order valence-electron chi connectivity index (χ3n) is 2.81. The molecule has 6 nitrogen and oxygen atoms in total. The van der Waals surface area contributed by atoms with Gasteiger partial charge in [0.25, 0.3) is 0 Å². The van der Waals surface area contributed by atoms with Gasteiger partial charge in [-0.15, -0.1) is 0 Å². The number of benzene rings is 1. The molecule has 6 heteroatoms. The summed E-state index contributed by atoms with van der Waals surface area (Å²) in [6.45, 7) is 0.581. The minimum Gasteiger partial charge on any atom is -0.496 e. The lowest BCUT2D eigenvalue weighted by atomic mass is 10.2. The molecule has 1 heterocycles. The SMILES string of the molecule is COc1ccc(N)cc1CNc1ccnc(N(C)C)n1. The Morgan fingerprint density at radius 3 is 2.80 bits per heavy atom. The second-order valence-electron chi connectivity index (χ2n) is 4.56. The van der Waals surface area contributed by atoms with Gasteiger partial charge in [0.05, 0.1) is 7.11 Å². The van der Waals surface area contributed by atoms with Crippen LogP contribution in [0.2, 0.25) is 0 Å². The molecule has 3 N–H and O–H groups in total. The Morgan fingerprint density at radius 1 is 1.30 bits per heavy atom. The van der Waals surface area contributed by atoms with Gasteiger partial charge in [-0.1, -0.05) is 0 Å². The summed E-state index contributed by atoms with van der Waals surface area (Å²) in [5.74, 6) is 2.22. The molecule has 0 amide bonds. The summed E-state index contributed by atoms with van der Waals surface area (Å²) in [6.07, 6.45) is 1.72. The van der Waals surface area contributed by atoms with E-state index in [1.807, 2.05) is 43.3 Å². The van der Waals surface area contributed by atoms with Crippen LogP contribution < -0.4 is 20.7 Å². The van der Waals surface area contributed by atoms with Crippen LogP contribution in [-0.4, -0.2) is 31.2 Å². The van der Waals surface area contributed by atoms with E-state index in [-0.39, 0.29) is 0 Å². The number of rotatable bonds is 5. The largest absolute Gasteiger partial charge is 0.496 e. The lowest BCUT2D eigenvalue weighted by Gasteiger charge is -2.13. The molecule has 1 aromatic heterocycles. The molecule has 0 aliphatic heterocycles. The highest BCUT2D eigenvalue weighted by molar-refractivity contribution is 5.49. The van der Waals surface area contributed by atoms with E-state index in [4.69, 9.17) is 10.5 Å². The average molecular weight is 273 g/mol. The maximum Gasteiger partial charge on any atom is 0.226 e. The molecule has 0 aliphatic carbocycles. The van der Waals surface area contributed by atoms with Crippen LogP contribution in [0.25, 0.3) is 0 Å². The molecule has 2 rings (SSSR count). The molecular weight excluding hydrogens is 254 g/mol. The minimum absolute atomic E-state index is 0.581. The molecule has 0 saturated carbocycles. The van der Waals surface area contributed by atoms with E-state index in [2.05, 4.69) is 15.3 Å². The fourth-order valence-electron chi connectivity index (χ4n) is 1.78. The summed E-state index contributed by atoms with van der Waals surface area (Å²) in [6, 6.07) is 7.39. The molecule has 0 bridgehead atoms. The molecule has 2 aromatic rings. The van der Waals surface area contributed by atoms with Crippen molar-refractivity contribution in [3.05, 3.63) is 36.0 Å². The second-order valence-corrected chi connectivity index (χ2v) is 4.56. The number of methoxy groups -OCH3 is 1. The van der Waals surface area contributed by atoms with Gasteiger partial charge in [-0.05, 0) is 24.3 Å². The smallest absolute Gasteiger partial charge is 0.226 e. The van der Waals surface area contributed by atoms with Crippen molar-refractivity contribution in [3.8, 4) is 5.75 Å². The van der Waals surface area contributed by atoms with E-state index >= 15 is 0 Å².